The molecule has 0 aromatic heterocycles. The SMILES string of the molecule is NC(=NCc1cccc(S(=O)(=O)N2CCCCC2)c1)N1CCCCCC1. The minimum absolute atomic E-state index is 0.362. The van der Waals surface area contributed by atoms with E-state index in [2.05, 4.69) is 9.89 Å². The van der Waals surface area contributed by atoms with Crippen LogP contribution in [0.15, 0.2) is 34.2 Å². The molecule has 2 aliphatic heterocycles. The summed E-state index contributed by atoms with van der Waals surface area (Å²) in [6.07, 6.45) is 7.79. The monoisotopic (exact) mass is 378 g/mol. The topological polar surface area (TPSA) is 79.0 Å². The van der Waals surface area contributed by atoms with Crippen molar-refractivity contribution in [3.8, 4) is 0 Å². The third-order valence-electron chi connectivity index (χ3n) is 5.20. The number of nitrogens with zero attached hydrogens (tertiary/aromatic N) is 3. The molecule has 2 fully saturated rings. The molecular formula is C19H30N4O2S. The van der Waals surface area contributed by atoms with Gasteiger partial charge in [-0.05, 0) is 43.4 Å². The van der Waals surface area contributed by atoms with Gasteiger partial charge in [-0.3, -0.25) is 0 Å². The largest absolute Gasteiger partial charge is 0.370 e. The summed E-state index contributed by atoms with van der Waals surface area (Å²) in [5.41, 5.74) is 7.03. The molecule has 2 heterocycles. The van der Waals surface area contributed by atoms with Crippen molar-refractivity contribution in [3.63, 3.8) is 0 Å². The summed E-state index contributed by atoms with van der Waals surface area (Å²) in [4.78, 5) is 7.01. The summed E-state index contributed by atoms with van der Waals surface area (Å²) in [7, 11) is -3.41. The Hall–Kier alpha value is -1.60. The summed E-state index contributed by atoms with van der Waals surface area (Å²) in [6.45, 7) is 3.56. The molecule has 2 aliphatic rings. The molecule has 0 amide bonds. The van der Waals surface area contributed by atoms with Gasteiger partial charge in [0, 0.05) is 26.2 Å². The van der Waals surface area contributed by atoms with Crippen LogP contribution in [0.5, 0.6) is 0 Å². The number of likely N-dealkylation sites (tertiary alicyclic amines) is 1. The zero-order valence-corrected chi connectivity index (χ0v) is 16.3. The molecule has 26 heavy (non-hydrogen) atoms. The van der Waals surface area contributed by atoms with Crippen LogP contribution in [0.3, 0.4) is 0 Å². The Morgan fingerprint density at radius 2 is 1.58 bits per heavy atom. The number of piperidine rings is 1. The summed E-state index contributed by atoms with van der Waals surface area (Å²) in [6, 6.07) is 7.12. The molecule has 3 rings (SSSR count). The third-order valence-corrected chi connectivity index (χ3v) is 7.10. The first-order chi connectivity index (χ1) is 12.6. The van der Waals surface area contributed by atoms with Crippen molar-refractivity contribution >= 4 is 16.0 Å². The molecule has 0 aliphatic carbocycles. The Balaban J connectivity index is 1.69. The van der Waals surface area contributed by atoms with Crippen LogP contribution < -0.4 is 5.73 Å². The highest BCUT2D eigenvalue weighted by molar-refractivity contribution is 7.89. The van der Waals surface area contributed by atoms with Gasteiger partial charge in [-0.15, -0.1) is 0 Å². The van der Waals surface area contributed by atoms with Crippen LogP contribution in [0.1, 0.15) is 50.5 Å². The molecular weight excluding hydrogens is 348 g/mol. The van der Waals surface area contributed by atoms with E-state index in [0.717, 1.165) is 50.8 Å². The van der Waals surface area contributed by atoms with Gasteiger partial charge in [0.2, 0.25) is 10.0 Å². The number of rotatable bonds is 4. The van der Waals surface area contributed by atoms with Gasteiger partial charge in [-0.2, -0.15) is 4.31 Å². The van der Waals surface area contributed by atoms with Crippen LogP contribution >= 0.6 is 0 Å². The normalized spacial score (nSPS) is 20.8. The fourth-order valence-corrected chi connectivity index (χ4v) is 5.22. The smallest absolute Gasteiger partial charge is 0.243 e. The van der Waals surface area contributed by atoms with Crippen molar-refractivity contribution in [1.29, 1.82) is 0 Å². The van der Waals surface area contributed by atoms with E-state index in [0.29, 0.717) is 30.5 Å². The van der Waals surface area contributed by atoms with Crippen LogP contribution in [0.25, 0.3) is 0 Å². The second-order valence-corrected chi connectivity index (χ2v) is 9.13. The summed E-state index contributed by atoms with van der Waals surface area (Å²) >= 11 is 0. The van der Waals surface area contributed by atoms with E-state index in [1.807, 2.05) is 6.07 Å². The fourth-order valence-electron chi connectivity index (χ4n) is 3.63. The van der Waals surface area contributed by atoms with Crippen molar-refractivity contribution in [1.82, 2.24) is 9.21 Å². The van der Waals surface area contributed by atoms with E-state index < -0.39 is 10.0 Å². The Bertz CT molecular complexity index is 719. The first kappa shape index (κ1) is 19.2. The first-order valence-corrected chi connectivity index (χ1v) is 11.2. The Morgan fingerprint density at radius 3 is 2.27 bits per heavy atom. The van der Waals surface area contributed by atoms with Gasteiger partial charge in [0.15, 0.2) is 5.96 Å². The number of aliphatic imine (C=N–C) groups is 1. The minimum Gasteiger partial charge on any atom is -0.370 e. The van der Waals surface area contributed by atoms with E-state index in [1.54, 1.807) is 22.5 Å². The van der Waals surface area contributed by atoms with E-state index >= 15 is 0 Å². The van der Waals surface area contributed by atoms with E-state index in [4.69, 9.17) is 5.73 Å². The lowest BCUT2D eigenvalue weighted by atomic mass is 10.2. The highest BCUT2D eigenvalue weighted by atomic mass is 32.2. The predicted molar refractivity (Wildman–Crippen MR) is 104 cm³/mol. The van der Waals surface area contributed by atoms with Crippen molar-refractivity contribution in [2.75, 3.05) is 26.2 Å². The number of hydrogen-bond donors (Lipinski definition) is 1. The van der Waals surface area contributed by atoms with Gasteiger partial charge >= 0.3 is 0 Å². The molecule has 1 aromatic rings. The molecule has 0 atom stereocenters. The van der Waals surface area contributed by atoms with Crippen molar-refractivity contribution in [2.45, 2.75) is 56.4 Å². The quantitative estimate of drug-likeness (QED) is 0.645. The maximum atomic E-state index is 12.8. The molecule has 0 bridgehead atoms. The Kier molecular flexibility index (Phi) is 6.53. The number of guanidine groups is 1. The van der Waals surface area contributed by atoms with Crippen LogP contribution in [0, 0.1) is 0 Å². The van der Waals surface area contributed by atoms with E-state index in [-0.39, 0.29) is 0 Å². The molecule has 0 spiro atoms. The van der Waals surface area contributed by atoms with Crippen molar-refractivity contribution < 1.29 is 8.42 Å². The fraction of sp³-hybridized carbons (Fsp3) is 0.632. The summed E-state index contributed by atoms with van der Waals surface area (Å²) in [5.74, 6) is 0.566. The van der Waals surface area contributed by atoms with E-state index in [9.17, 15) is 8.42 Å². The predicted octanol–water partition coefficient (Wildman–Crippen LogP) is 2.55. The molecule has 1 aromatic carbocycles. The van der Waals surface area contributed by atoms with Gasteiger partial charge in [-0.1, -0.05) is 31.4 Å². The van der Waals surface area contributed by atoms with Gasteiger partial charge < -0.3 is 10.6 Å². The van der Waals surface area contributed by atoms with E-state index in [1.165, 1.54) is 12.8 Å². The highest BCUT2D eigenvalue weighted by Gasteiger charge is 2.25. The first-order valence-electron chi connectivity index (χ1n) is 9.71. The molecule has 7 heteroatoms. The molecule has 0 radical (unpaired) electrons. The lowest BCUT2D eigenvalue weighted by Gasteiger charge is -2.26. The van der Waals surface area contributed by atoms with Gasteiger partial charge in [0.05, 0.1) is 11.4 Å². The zero-order chi connectivity index (χ0) is 18.4. The average molecular weight is 379 g/mol. The second kappa shape index (κ2) is 8.86. The number of benzene rings is 1. The second-order valence-electron chi connectivity index (χ2n) is 7.19. The number of hydrogen-bond acceptors (Lipinski definition) is 3. The molecule has 144 valence electrons. The molecule has 2 saturated heterocycles. The van der Waals surface area contributed by atoms with Crippen molar-refractivity contribution in [3.05, 3.63) is 29.8 Å². The lowest BCUT2D eigenvalue weighted by Crippen LogP contribution is -2.38. The summed E-state index contributed by atoms with van der Waals surface area (Å²) < 4.78 is 27.2. The Morgan fingerprint density at radius 1 is 0.962 bits per heavy atom. The maximum Gasteiger partial charge on any atom is 0.243 e. The summed E-state index contributed by atoms with van der Waals surface area (Å²) in [5, 5.41) is 0. The Labute approximate surface area is 157 Å². The van der Waals surface area contributed by atoms with Gasteiger partial charge in [-0.25, -0.2) is 13.4 Å². The average Bonchev–Trinajstić information content (AvgIpc) is 2.96. The van der Waals surface area contributed by atoms with Crippen LogP contribution in [0.4, 0.5) is 0 Å². The van der Waals surface area contributed by atoms with Gasteiger partial charge in [0.25, 0.3) is 0 Å². The zero-order valence-electron chi connectivity index (χ0n) is 15.4. The molecule has 0 unspecified atom stereocenters. The van der Waals surface area contributed by atoms with Crippen LogP contribution in [-0.2, 0) is 16.6 Å². The number of sulfonamides is 1. The minimum atomic E-state index is -3.41. The van der Waals surface area contributed by atoms with Crippen LogP contribution in [0.2, 0.25) is 0 Å². The van der Waals surface area contributed by atoms with Gasteiger partial charge in [0.1, 0.15) is 0 Å². The highest BCUT2D eigenvalue weighted by Crippen LogP contribution is 2.21. The standard InChI is InChI=1S/C19H30N4O2S/c20-19(22-11-4-1-2-5-12-22)21-16-17-9-8-10-18(15-17)26(24,25)23-13-6-3-7-14-23/h8-10,15H,1-7,11-14,16H2,(H2,20,21). The maximum absolute atomic E-state index is 12.8. The lowest BCUT2D eigenvalue weighted by molar-refractivity contribution is 0.346. The number of nitrogens with two attached hydrogens (primary N) is 1. The third kappa shape index (κ3) is 4.76. The molecule has 2 N–H and O–H groups in total. The molecule has 6 nitrogen and oxygen atoms in total. The van der Waals surface area contributed by atoms with Crippen molar-refractivity contribution in [2.24, 2.45) is 10.7 Å². The van der Waals surface area contributed by atoms with Crippen LogP contribution in [-0.4, -0.2) is 49.8 Å². The molecule has 0 saturated carbocycles.